The van der Waals surface area contributed by atoms with Gasteiger partial charge in [-0.3, -0.25) is 9.59 Å². The Labute approximate surface area is 179 Å². The molecule has 12 heteroatoms. The summed E-state index contributed by atoms with van der Waals surface area (Å²) in [5.41, 5.74) is 0.299. The van der Waals surface area contributed by atoms with E-state index in [1.807, 2.05) is 0 Å². The number of nitrogens with zero attached hydrogens (tertiary/aromatic N) is 2. The lowest BCUT2D eigenvalue weighted by Gasteiger charge is -2.38. The molecule has 10 nitrogen and oxygen atoms in total. The van der Waals surface area contributed by atoms with Crippen LogP contribution in [0.2, 0.25) is 5.02 Å². The van der Waals surface area contributed by atoms with Crippen molar-refractivity contribution in [1.29, 1.82) is 0 Å². The summed E-state index contributed by atoms with van der Waals surface area (Å²) in [7, 11) is -2.74. The maximum atomic E-state index is 13.0. The van der Waals surface area contributed by atoms with Gasteiger partial charge in [0.15, 0.2) is 12.4 Å². The SMILES string of the molecule is CN(CC(=O)N1CCC2(CC1)OCCO2)S(=O)(=O)c1cc2c(cc1Cl)NC(=O)CO2. The van der Waals surface area contributed by atoms with Crippen LogP contribution in [0.4, 0.5) is 5.69 Å². The number of nitrogens with one attached hydrogen (secondary N) is 1. The highest BCUT2D eigenvalue weighted by Gasteiger charge is 2.41. The summed E-state index contributed by atoms with van der Waals surface area (Å²) in [6.45, 7) is 1.40. The predicted molar refractivity (Wildman–Crippen MR) is 106 cm³/mol. The van der Waals surface area contributed by atoms with Crippen LogP contribution in [0.15, 0.2) is 17.0 Å². The molecule has 2 saturated heterocycles. The molecule has 0 bridgehead atoms. The number of carbonyl (C=O) groups is 2. The smallest absolute Gasteiger partial charge is 0.262 e. The van der Waals surface area contributed by atoms with E-state index in [2.05, 4.69) is 5.32 Å². The van der Waals surface area contributed by atoms with Crippen LogP contribution in [0, 0.1) is 0 Å². The first-order valence-corrected chi connectivity index (χ1v) is 11.3. The van der Waals surface area contributed by atoms with E-state index in [0.29, 0.717) is 44.8 Å². The molecule has 0 saturated carbocycles. The molecule has 2 amide bonds. The molecule has 0 unspecified atom stereocenters. The van der Waals surface area contributed by atoms with Crippen molar-refractivity contribution in [2.75, 3.05) is 51.8 Å². The first kappa shape index (κ1) is 21.3. The van der Waals surface area contributed by atoms with E-state index in [1.54, 1.807) is 4.90 Å². The van der Waals surface area contributed by atoms with Crippen LogP contribution in [-0.4, -0.2) is 81.7 Å². The highest BCUT2D eigenvalue weighted by molar-refractivity contribution is 7.89. The van der Waals surface area contributed by atoms with Crippen LogP contribution in [0.1, 0.15) is 12.8 Å². The second-order valence-corrected chi connectivity index (χ2v) is 9.79. The van der Waals surface area contributed by atoms with E-state index in [0.717, 1.165) is 4.31 Å². The molecule has 1 spiro atoms. The molecule has 4 rings (SSSR count). The number of fused-ring (bicyclic) bond motifs is 1. The number of likely N-dealkylation sites (tertiary alicyclic amines) is 1. The van der Waals surface area contributed by atoms with Crippen molar-refractivity contribution in [2.45, 2.75) is 23.5 Å². The van der Waals surface area contributed by atoms with Crippen molar-refractivity contribution < 1.29 is 32.2 Å². The quantitative estimate of drug-likeness (QED) is 0.703. The van der Waals surface area contributed by atoms with Crippen LogP contribution < -0.4 is 10.1 Å². The lowest BCUT2D eigenvalue weighted by Crippen LogP contribution is -2.50. The Morgan fingerprint density at radius 2 is 1.93 bits per heavy atom. The van der Waals surface area contributed by atoms with Crippen molar-refractivity contribution in [3.63, 3.8) is 0 Å². The third kappa shape index (κ3) is 4.00. The Hall–Kier alpha value is -1.92. The van der Waals surface area contributed by atoms with Gasteiger partial charge in [-0.15, -0.1) is 0 Å². The lowest BCUT2D eigenvalue weighted by molar-refractivity contribution is -0.187. The number of rotatable bonds is 4. The third-order valence-corrected chi connectivity index (χ3v) is 7.67. The normalized spacial score (nSPS) is 20.8. The van der Waals surface area contributed by atoms with Crippen LogP contribution in [0.3, 0.4) is 0 Å². The van der Waals surface area contributed by atoms with Gasteiger partial charge in [-0.05, 0) is 6.07 Å². The molecular formula is C18H22ClN3O7S. The topological polar surface area (TPSA) is 114 Å². The number of sulfonamides is 1. The number of likely N-dealkylation sites (N-methyl/N-ethyl adjacent to an activating group) is 1. The highest BCUT2D eigenvalue weighted by Crippen LogP contribution is 2.36. The summed E-state index contributed by atoms with van der Waals surface area (Å²) in [5.74, 6) is -1.07. The molecule has 3 heterocycles. The van der Waals surface area contributed by atoms with Crippen LogP contribution >= 0.6 is 11.6 Å². The number of ether oxygens (including phenoxy) is 3. The second kappa shape index (κ2) is 7.97. The number of benzene rings is 1. The zero-order valence-electron chi connectivity index (χ0n) is 16.3. The fraction of sp³-hybridized carbons (Fsp3) is 0.556. The summed E-state index contributed by atoms with van der Waals surface area (Å²) in [6, 6.07) is 2.58. The molecule has 0 radical (unpaired) electrons. The van der Waals surface area contributed by atoms with Gasteiger partial charge < -0.3 is 24.4 Å². The summed E-state index contributed by atoms with van der Waals surface area (Å²) >= 11 is 6.16. The molecular weight excluding hydrogens is 438 g/mol. The number of carbonyl (C=O) groups excluding carboxylic acids is 2. The van der Waals surface area contributed by atoms with E-state index in [1.165, 1.54) is 19.2 Å². The molecule has 3 aliphatic heterocycles. The van der Waals surface area contributed by atoms with Crippen LogP contribution in [-0.2, 0) is 29.1 Å². The van der Waals surface area contributed by atoms with Gasteiger partial charge in [-0.25, -0.2) is 8.42 Å². The molecule has 0 aliphatic carbocycles. The highest BCUT2D eigenvalue weighted by atomic mass is 35.5. The molecule has 1 aromatic carbocycles. The molecule has 1 N–H and O–H groups in total. The van der Waals surface area contributed by atoms with E-state index in [-0.39, 0.29) is 40.6 Å². The molecule has 0 aromatic heterocycles. The fourth-order valence-electron chi connectivity index (χ4n) is 3.70. The monoisotopic (exact) mass is 459 g/mol. The zero-order chi connectivity index (χ0) is 21.5. The van der Waals surface area contributed by atoms with Crippen LogP contribution in [0.5, 0.6) is 5.75 Å². The van der Waals surface area contributed by atoms with Gasteiger partial charge in [-0.1, -0.05) is 11.6 Å². The number of hydrogen-bond acceptors (Lipinski definition) is 7. The Bertz CT molecular complexity index is 968. The number of halogens is 1. The first-order valence-electron chi connectivity index (χ1n) is 9.48. The Morgan fingerprint density at radius 1 is 1.27 bits per heavy atom. The van der Waals surface area contributed by atoms with Crippen molar-refractivity contribution >= 4 is 39.1 Å². The second-order valence-electron chi connectivity index (χ2n) is 7.37. The lowest BCUT2D eigenvalue weighted by atomic mass is 10.0. The van der Waals surface area contributed by atoms with Gasteiger partial charge in [0.2, 0.25) is 15.9 Å². The fourth-order valence-corrected chi connectivity index (χ4v) is 5.34. The van der Waals surface area contributed by atoms with E-state index >= 15 is 0 Å². The van der Waals surface area contributed by atoms with Crippen molar-refractivity contribution in [1.82, 2.24) is 9.21 Å². The molecule has 3 aliphatic rings. The number of piperidine rings is 1. The van der Waals surface area contributed by atoms with Crippen molar-refractivity contribution in [2.24, 2.45) is 0 Å². The summed E-state index contributed by atoms with van der Waals surface area (Å²) in [6.07, 6.45) is 1.10. The molecule has 1 aromatic rings. The van der Waals surface area contributed by atoms with Gasteiger partial charge in [-0.2, -0.15) is 4.31 Å². The third-order valence-electron chi connectivity index (χ3n) is 5.40. The Morgan fingerprint density at radius 3 is 2.60 bits per heavy atom. The zero-order valence-corrected chi connectivity index (χ0v) is 17.9. The van der Waals surface area contributed by atoms with Gasteiger partial charge in [0.25, 0.3) is 5.91 Å². The molecule has 0 atom stereocenters. The molecule has 30 heavy (non-hydrogen) atoms. The number of amides is 2. The number of anilines is 1. The minimum atomic E-state index is -4.06. The van der Waals surface area contributed by atoms with Gasteiger partial charge >= 0.3 is 0 Å². The minimum Gasteiger partial charge on any atom is -0.482 e. The Balaban J connectivity index is 1.44. The molecule has 2 fully saturated rings. The van der Waals surface area contributed by atoms with E-state index < -0.39 is 15.8 Å². The summed E-state index contributed by atoms with van der Waals surface area (Å²) < 4.78 is 43.6. The average Bonchev–Trinajstić information content (AvgIpc) is 3.15. The van der Waals surface area contributed by atoms with Crippen LogP contribution in [0.25, 0.3) is 0 Å². The van der Waals surface area contributed by atoms with Gasteiger partial charge in [0.1, 0.15) is 10.6 Å². The predicted octanol–water partition coefficient (Wildman–Crippen LogP) is 0.657. The first-order chi connectivity index (χ1) is 14.2. The number of hydrogen-bond donors (Lipinski definition) is 1. The minimum absolute atomic E-state index is 0.0747. The summed E-state index contributed by atoms with van der Waals surface area (Å²) in [5, 5.41) is 2.49. The van der Waals surface area contributed by atoms with Gasteiger partial charge in [0, 0.05) is 39.0 Å². The maximum Gasteiger partial charge on any atom is 0.262 e. The van der Waals surface area contributed by atoms with Gasteiger partial charge in [0.05, 0.1) is 30.5 Å². The largest absolute Gasteiger partial charge is 0.482 e. The molecule has 164 valence electrons. The van der Waals surface area contributed by atoms with Crippen molar-refractivity contribution in [3.8, 4) is 5.75 Å². The van der Waals surface area contributed by atoms with E-state index in [4.69, 9.17) is 25.8 Å². The standard InChI is InChI=1S/C18H22ClN3O7S/c1-21(10-17(24)22-4-2-18(3-5-22)28-6-7-29-18)30(25,26)15-9-14-13(8-12(15)19)20-16(23)11-27-14/h8-9H,2-7,10-11H2,1H3,(H,20,23). The average molecular weight is 460 g/mol. The summed E-state index contributed by atoms with van der Waals surface area (Å²) in [4.78, 5) is 25.5. The van der Waals surface area contributed by atoms with E-state index in [9.17, 15) is 18.0 Å². The maximum absolute atomic E-state index is 13.0. The Kier molecular flexibility index (Phi) is 5.66. The van der Waals surface area contributed by atoms with Crippen molar-refractivity contribution in [3.05, 3.63) is 17.2 Å².